The number of halogens is 1. The third-order valence-corrected chi connectivity index (χ3v) is 3.08. The van der Waals surface area contributed by atoms with Crippen molar-refractivity contribution in [3.05, 3.63) is 35.6 Å². The van der Waals surface area contributed by atoms with E-state index in [1.807, 2.05) is 17.9 Å². The van der Waals surface area contributed by atoms with Crippen LogP contribution in [0, 0.1) is 17.8 Å². The van der Waals surface area contributed by atoms with Gasteiger partial charge in [-0.3, -0.25) is 9.69 Å². The van der Waals surface area contributed by atoms with Gasteiger partial charge >= 0.3 is 5.97 Å². The van der Waals surface area contributed by atoms with E-state index < -0.39 is 5.97 Å². The molecule has 1 aromatic carbocycles. The molecule has 1 aromatic rings. The molecule has 1 aliphatic rings. The van der Waals surface area contributed by atoms with Gasteiger partial charge in [-0.25, -0.2) is 4.39 Å². The zero-order valence-corrected chi connectivity index (χ0v) is 8.98. The molecule has 1 saturated heterocycles. The van der Waals surface area contributed by atoms with Crippen molar-refractivity contribution < 1.29 is 14.3 Å². The van der Waals surface area contributed by atoms with Crippen molar-refractivity contribution in [2.45, 2.75) is 13.0 Å². The molecule has 1 heterocycles. The zero-order valence-electron chi connectivity index (χ0n) is 8.98. The summed E-state index contributed by atoms with van der Waals surface area (Å²) in [6.45, 7) is 3.03. The highest BCUT2D eigenvalue weighted by Crippen LogP contribution is 2.28. The Hall–Kier alpha value is -1.42. The van der Waals surface area contributed by atoms with Crippen LogP contribution in [0.25, 0.3) is 0 Å². The molecular weight excluding hydrogens is 209 g/mol. The molecule has 1 fully saturated rings. The van der Waals surface area contributed by atoms with E-state index in [4.69, 9.17) is 5.11 Å². The molecule has 0 aliphatic carbocycles. The lowest BCUT2D eigenvalue weighted by Gasteiger charge is -2.41. The van der Waals surface area contributed by atoms with Crippen molar-refractivity contribution >= 4 is 5.97 Å². The molecule has 3 nitrogen and oxygen atoms in total. The maximum absolute atomic E-state index is 12.9. The number of hydrogen-bond donors (Lipinski definition) is 1. The van der Waals surface area contributed by atoms with Crippen LogP contribution in [0.2, 0.25) is 0 Å². The average molecular weight is 222 g/mol. The number of carboxylic acid groups (broad SMARTS) is 1. The first-order valence-electron chi connectivity index (χ1n) is 5.22. The summed E-state index contributed by atoms with van der Waals surface area (Å²) in [6, 6.07) is 7.31. The summed E-state index contributed by atoms with van der Waals surface area (Å²) in [4.78, 5) is 12.7. The third kappa shape index (κ3) is 2.07. The predicted molar refractivity (Wildman–Crippen MR) is 56.3 cm³/mol. The van der Waals surface area contributed by atoms with Gasteiger partial charge in [-0.1, -0.05) is 12.1 Å². The molecule has 0 spiro atoms. The van der Waals surface area contributed by atoms with Gasteiger partial charge < -0.3 is 5.11 Å². The summed E-state index contributed by atoms with van der Waals surface area (Å²) >= 11 is 0. The van der Waals surface area contributed by atoms with E-state index in [9.17, 15) is 9.18 Å². The first-order chi connectivity index (χ1) is 7.58. The molecule has 1 unspecified atom stereocenters. The normalized spacial score (nSPS) is 19.1. The van der Waals surface area contributed by atoms with Gasteiger partial charge in [0.25, 0.3) is 0 Å². The largest absolute Gasteiger partial charge is 0.481 e. The molecule has 16 heavy (non-hydrogen) atoms. The number of rotatable bonds is 3. The molecule has 1 N–H and O–H groups in total. The van der Waals surface area contributed by atoms with E-state index >= 15 is 0 Å². The first kappa shape index (κ1) is 11.1. The minimum absolute atomic E-state index is 0.0553. The second-order valence-electron chi connectivity index (χ2n) is 4.13. The summed E-state index contributed by atoms with van der Waals surface area (Å²) in [5, 5.41) is 8.76. The predicted octanol–water partition coefficient (Wildman–Crippen LogP) is 1.70. The van der Waals surface area contributed by atoms with Crippen LogP contribution in [0.5, 0.6) is 0 Å². The maximum Gasteiger partial charge on any atom is 0.309 e. The number of hydrogen-bond acceptors (Lipinski definition) is 2. The van der Waals surface area contributed by atoms with E-state index in [1.54, 1.807) is 6.07 Å². The highest BCUT2D eigenvalue weighted by Gasteiger charge is 2.35. The molecular formula is C12H13FNO2. The summed E-state index contributed by atoms with van der Waals surface area (Å²) in [7, 11) is 0. The standard InChI is InChI=1S/C12H13FNO2/c1-8(9-3-2-4-11(13)5-9)14-6-10(7-14)12(15)16/h2-3,5,8,10H,6-7H2,1H3,(H,15,16). The fourth-order valence-corrected chi connectivity index (χ4v) is 1.91. The monoisotopic (exact) mass is 222 g/mol. The second kappa shape index (κ2) is 4.22. The second-order valence-corrected chi connectivity index (χ2v) is 4.13. The summed E-state index contributed by atoms with van der Waals surface area (Å²) in [5.41, 5.74) is 0.861. The Kier molecular flexibility index (Phi) is 2.92. The van der Waals surface area contributed by atoms with Crippen molar-refractivity contribution in [3.63, 3.8) is 0 Å². The molecule has 2 rings (SSSR count). The Balaban J connectivity index is 2.00. The van der Waals surface area contributed by atoms with Crippen LogP contribution >= 0.6 is 0 Å². The minimum Gasteiger partial charge on any atom is -0.481 e. The lowest BCUT2D eigenvalue weighted by molar-refractivity contribution is -0.148. The molecule has 85 valence electrons. The van der Waals surface area contributed by atoms with Gasteiger partial charge in [-0.05, 0) is 18.6 Å². The summed E-state index contributed by atoms with van der Waals surface area (Å²) in [6.07, 6.45) is 0. The zero-order chi connectivity index (χ0) is 11.7. The molecule has 1 atom stereocenters. The smallest absolute Gasteiger partial charge is 0.309 e. The molecule has 0 bridgehead atoms. The topological polar surface area (TPSA) is 40.5 Å². The highest BCUT2D eigenvalue weighted by molar-refractivity contribution is 5.71. The third-order valence-electron chi connectivity index (χ3n) is 3.08. The Labute approximate surface area is 93.5 Å². The quantitative estimate of drug-likeness (QED) is 0.846. The van der Waals surface area contributed by atoms with Gasteiger partial charge in [-0.15, -0.1) is 0 Å². The molecule has 4 heteroatoms. The van der Waals surface area contributed by atoms with Crippen molar-refractivity contribution in [1.29, 1.82) is 0 Å². The number of aliphatic carboxylic acids is 1. The van der Waals surface area contributed by atoms with E-state index in [0.717, 1.165) is 5.56 Å². The lowest BCUT2D eigenvalue weighted by atomic mass is 9.95. The van der Waals surface area contributed by atoms with Crippen LogP contribution in [0.3, 0.4) is 0 Å². The van der Waals surface area contributed by atoms with E-state index in [2.05, 4.69) is 6.07 Å². The van der Waals surface area contributed by atoms with Crippen molar-refractivity contribution in [2.75, 3.05) is 13.1 Å². The van der Waals surface area contributed by atoms with Crippen LogP contribution in [0.4, 0.5) is 4.39 Å². The van der Waals surface area contributed by atoms with Crippen LogP contribution in [0.1, 0.15) is 18.5 Å². The number of carbonyl (C=O) groups is 1. The molecule has 0 amide bonds. The van der Waals surface area contributed by atoms with Crippen molar-refractivity contribution in [2.24, 2.45) is 5.92 Å². The van der Waals surface area contributed by atoms with Gasteiger partial charge in [0, 0.05) is 25.2 Å². The molecule has 1 radical (unpaired) electrons. The number of nitrogens with zero attached hydrogens (tertiary/aromatic N) is 1. The Bertz CT molecular complexity index is 402. The van der Waals surface area contributed by atoms with Crippen molar-refractivity contribution in [3.8, 4) is 0 Å². The van der Waals surface area contributed by atoms with Gasteiger partial charge in [0.2, 0.25) is 0 Å². The van der Waals surface area contributed by atoms with E-state index in [0.29, 0.717) is 13.1 Å². The highest BCUT2D eigenvalue weighted by atomic mass is 19.1. The summed E-state index contributed by atoms with van der Waals surface area (Å²) in [5.74, 6) is -1.40. The minimum atomic E-state index is -0.754. The van der Waals surface area contributed by atoms with Crippen LogP contribution in [0.15, 0.2) is 18.2 Å². The van der Waals surface area contributed by atoms with Crippen LogP contribution in [-0.2, 0) is 4.79 Å². The fraction of sp³-hybridized carbons (Fsp3) is 0.417. The average Bonchev–Trinajstić information content (AvgIpc) is 2.14. The molecule has 0 saturated carbocycles. The van der Waals surface area contributed by atoms with Gasteiger partial charge in [0.05, 0.1) is 5.92 Å². The van der Waals surface area contributed by atoms with Gasteiger partial charge in [0.15, 0.2) is 0 Å². The Morgan fingerprint density at radius 3 is 2.94 bits per heavy atom. The van der Waals surface area contributed by atoms with Gasteiger partial charge in [0.1, 0.15) is 5.82 Å². The lowest BCUT2D eigenvalue weighted by Crippen LogP contribution is -2.51. The number of likely N-dealkylation sites (tertiary alicyclic amines) is 1. The molecule has 0 aromatic heterocycles. The van der Waals surface area contributed by atoms with Crippen LogP contribution in [-0.4, -0.2) is 29.1 Å². The fourth-order valence-electron chi connectivity index (χ4n) is 1.91. The van der Waals surface area contributed by atoms with Crippen LogP contribution < -0.4 is 0 Å². The van der Waals surface area contributed by atoms with Gasteiger partial charge in [-0.2, -0.15) is 0 Å². The van der Waals surface area contributed by atoms with E-state index in [-0.39, 0.29) is 17.8 Å². The number of benzene rings is 1. The number of carboxylic acids is 1. The van der Waals surface area contributed by atoms with E-state index in [1.165, 1.54) is 6.07 Å². The Morgan fingerprint density at radius 2 is 2.38 bits per heavy atom. The van der Waals surface area contributed by atoms with Crippen molar-refractivity contribution in [1.82, 2.24) is 4.90 Å². The maximum atomic E-state index is 12.9. The SMILES string of the molecule is CC(c1cc[c]c(F)c1)N1CC(C(=O)O)C1. The summed E-state index contributed by atoms with van der Waals surface area (Å²) < 4.78 is 12.9. The Morgan fingerprint density at radius 1 is 1.69 bits per heavy atom. The first-order valence-corrected chi connectivity index (χ1v) is 5.22. The molecule has 1 aliphatic heterocycles.